The van der Waals surface area contributed by atoms with Gasteiger partial charge in [0.1, 0.15) is 0 Å². The largest absolute Gasteiger partial charge is 0.383 e. The van der Waals surface area contributed by atoms with Crippen molar-refractivity contribution >= 4 is 23.2 Å². The van der Waals surface area contributed by atoms with Crippen LogP contribution >= 0.6 is 11.3 Å². The van der Waals surface area contributed by atoms with E-state index in [-0.39, 0.29) is 12.5 Å². The lowest BCUT2D eigenvalue weighted by Crippen LogP contribution is -2.36. The maximum absolute atomic E-state index is 11.6. The number of carbonyl (C=O) groups excluding carboxylic acids is 2. The molecule has 0 aliphatic carbocycles. The van der Waals surface area contributed by atoms with Crippen LogP contribution in [-0.4, -0.2) is 55.6 Å². The second-order valence-electron chi connectivity index (χ2n) is 4.13. The van der Waals surface area contributed by atoms with Gasteiger partial charge >= 0.3 is 0 Å². The monoisotopic (exact) mass is 301 g/mol. The number of aromatic nitrogens is 1. The van der Waals surface area contributed by atoms with Crippen molar-refractivity contribution in [2.75, 3.05) is 33.9 Å². The molecule has 2 amide bonds. The Morgan fingerprint density at radius 1 is 1.55 bits per heavy atom. The van der Waals surface area contributed by atoms with Crippen molar-refractivity contribution < 1.29 is 14.3 Å². The van der Waals surface area contributed by atoms with Gasteiger partial charge in [-0.1, -0.05) is 0 Å². The van der Waals surface area contributed by atoms with Crippen LogP contribution in [0.1, 0.15) is 15.5 Å². The Morgan fingerprint density at radius 2 is 2.30 bits per heavy atom. The molecule has 0 saturated heterocycles. The zero-order valence-corrected chi connectivity index (χ0v) is 12.3. The topological polar surface area (TPSA) is 110 Å². The van der Waals surface area contributed by atoms with E-state index in [9.17, 15) is 9.59 Å². The molecule has 1 heterocycles. The number of carbonyl (C=O) groups is 2. The number of nitrogen functional groups attached to an aromatic ring is 1. The number of nitrogens with zero attached hydrogens (tertiary/aromatic N) is 2. The molecule has 0 aliphatic rings. The van der Waals surface area contributed by atoms with Crippen molar-refractivity contribution in [2.45, 2.75) is 6.54 Å². The highest BCUT2D eigenvalue weighted by Gasteiger charge is 2.12. The van der Waals surface area contributed by atoms with Gasteiger partial charge < -0.3 is 10.1 Å². The third-order valence-corrected chi connectivity index (χ3v) is 3.24. The minimum atomic E-state index is -0.416. The van der Waals surface area contributed by atoms with Crippen molar-refractivity contribution in [1.29, 1.82) is 0 Å². The van der Waals surface area contributed by atoms with Crippen LogP contribution in [0.3, 0.4) is 0 Å². The van der Waals surface area contributed by atoms with Crippen LogP contribution in [0.5, 0.6) is 0 Å². The Balaban J connectivity index is 2.38. The van der Waals surface area contributed by atoms with Gasteiger partial charge in [0.25, 0.3) is 5.91 Å². The van der Waals surface area contributed by atoms with E-state index >= 15 is 0 Å². The number of hydrogen-bond acceptors (Lipinski definition) is 7. The summed E-state index contributed by atoms with van der Waals surface area (Å²) in [6, 6.07) is 0. The lowest BCUT2D eigenvalue weighted by atomic mass is 10.4. The number of hydrazine groups is 1. The second kappa shape index (κ2) is 8.59. The summed E-state index contributed by atoms with van der Waals surface area (Å²) in [6.45, 7) is 1.70. The number of amides is 2. The Labute approximate surface area is 121 Å². The van der Waals surface area contributed by atoms with E-state index in [4.69, 9.17) is 10.6 Å². The second-order valence-corrected chi connectivity index (χ2v) is 4.99. The van der Waals surface area contributed by atoms with Crippen LogP contribution in [-0.2, 0) is 16.1 Å². The summed E-state index contributed by atoms with van der Waals surface area (Å²) in [7, 11) is 3.38. The van der Waals surface area contributed by atoms with Crippen molar-refractivity contribution in [2.24, 2.45) is 5.84 Å². The summed E-state index contributed by atoms with van der Waals surface area (Å²) in [6.07, 6.45) is 0. The number of likely N-dealkylation sites (N-methyl/N-ethyl adjacent to an activating group) is 1. The van der Waals surface area contributed by atoms with Gasteiger partial charge in [-0.25, -0.2) is 10.8 Å². The van der Waals surface area contributed by atoms with Crippen LogP contribution in [0.2, 0.25) is 0 Å². The molecule has 0 atom stereocenters. The summed E-state index contributed by atoms with van der Waals surface area (Å²) in [5.74, 6) is 4.53. The molecule has 8 nitrogen and oxygen atoms in total. The summed E-state index contributed by atoms with van der Waals surface area (Å²) in [4.78, 5) is 28.8. The molecule has 0 spiro atoms. The van der Waals surface area contributed by atoms with E-state index in [1.807, 2.05) is 5.43 Å². The minimum absolute atomic E-state index is 0.0836. The fourth-order valence-electron chi connectivity index (χ4n) is 1.47. The molecule has 0 saturated carbocycles. The number of nitrogens with two attached hydrogens (primary N) is 1. The van der Waals surface area contributed by atoms with Crippen molar-refractivity contribution in [1.82, 2.24) is 20.6 Å². The van der Waals surface area contributed by atoms with E-state index in [1.165, 1.54) is 11.3 Å². The highest BCUT2D eigenvalue weighted by atomic mass is 32.1. The van der Waals surface area contributed by atoms with Gasteiger partial charge in [0.05, 0.1) is 18.8 Å². The normalized spacial score (nSPS) is 10.6. The molecule has 0 aliphatic heterocycles. The number of rotatable bonds is 8. The quantitative estimate of drug-likeness (QED) is 0.244. The van der Waals surface area contributed by atoms with Gasteiger partial charge in [0.2, 0.25) is 5.91 Å². The van der Waals surface area contributed by atoms with Gasteiger partial charge in [-0.3, -0.25) is 19.9 Å². The van der Waals surface area contributed by atoms with E-state index in [2.05, 4.69) is 10.3 Å². The molecule has 0 aromatic carbocycles. The first-order valence-corrected chi connectivity index (χ1v) is 6.84. The highest BCUT2D eigenvalue weighted by molar-refractivity contribution is 7.11. The third kappa shape index (κ3) is 5.61. The Kier molecular flexibility index (Phi) is 7.09. The first-order chi connectivity index (χ1) is 9.56. The van der Waals surface area contributed by atoms with Gasteiger partial charge in [-0.15, -0.1) is 11.3 Å². The van der Waals surface area contributed by atoms with Gasteiger partial charge in [-0.05, 0) is 7.05 Å². The zero-order chi connectivity index (χ0) is 15.0. The van der Waals surface area contributed by atoms with Crippen LogP contribution in [0.4, 0.5) is 0 Å². The number of methoxy groups -OCH3 is 1. The van der Waals surface area contributed by atoms with Crippen LogP contribution in [0, 0.1) is 0 Å². The standard InChI is InChI=1S/C11H19N5O3S/c1-16(6-9(17)13-3-4-19-2)5-8-7-20-11(14-8)10(18)15-12/h7H,3-6,12H2,1-2H3,(H,13,17)(H,15,18). The number of ether oxygens (including phenoxy) is 1. The molecule has 1 aromatic rings. The van der Waals surface area contributed by atoms with E-state index in [0.717, 1.165) is 5.69 Å². The number of nitrogens with one attached hydrogen (secondary N) is 2. The summed E-state index contributed by atoms with van der Waals surface area (Å²) in [5, 5.41) is 4.80. The molecular weight excluding hydrogens is 282 g/mol. The Bertz CT molecular complexity index is 451. The van der Waals surface area contributed by atoms with Crippen LogP contribution in [0.25, 0.3) is 0 Å². The van der Waals surface area contributed by atoms with Crippen LogP contribution < -0.4 is 16.6 Å². The SMILES string of the molecule is COCCNC(=O)CN(C)Cc1csc(C(=O)NN)n1. The molecular formula is C11H19N5O3S. The Morgan fingerprint density at radius 3 is 2.95 bits per heavy atom. The predicted octanol–water partition coefficient (Wildman–Crippen LogP) is -1.06. The van der Waals surface area contributed by atoms with Crippen molar-refractivity contribution in [3.8, 4) is 0 Å². The first-order valence-electron chi connectivity index (χ1n) is 5.96. The molecule has 9 heteroatoms. The smallest absolute Gasteiger partial charge is 0.294 e. The molecule has 20 heavy (non-hydrogen) atoms. The lowest BCUT2D eigenvalue weighted by Gasteiger charge is -2.14. The lowest BCUT2D eigenvalue weighted by molar-refractivity contribution is -0.122. The molecule has 112 valence electrons. The van der Waals surface area contributed by atoms with Gasteiger partial charge in [-0.2, -0.15) is 0 Å². The molecule has 0 unspecified atom stereocenters. The first kappa shape index (κ1) is 16.5. The average Bonchev–Trinajstić information content (AvgIpc) is 2.86. The molecule has 0 bridgehead atoms. The average molecular weight is 301 g/mol. The fraction of sp³-hybridized carbons (Fsp3) is 0.545. The minimum Gasteiger partial charge on any atom is -0.383 e. The third-order valence-electron chi connectivity index (χ3n) is 2.35. The number of hydrogen-bond donors (Lipinski definition) is 3. The van der Waals surface area contributed by atoms with Gasteiger partial charge in [0.15, 0.2) is 5.01 Å². The van der Waals surface area contributed by atoms with E-state index < -0.39 is 5.91 Å². The van der Waals surface area contributed by atoms with Crippen molar-refractivity contribution in [3.63, 3.8) is 0 Å². The predicted molar refractivity (Wildman–Crippen MR) is 75.0 cm³/mol. The van der Waals surface area contributed by atoms with Crippen molar-refractivity contribution in [3.05, 3.63) is 16.1 Å². The fourth-order valence-corrected chi connectivity index (χ4v) is 2.18. The van der Waals surface area contributed by atoms with Gasteiger partial charge in [0, 0.05) is 25.6 Å². The zero-order valence-electron chi connectivity index (χ0n) is 11.5. The molecule has 0 radical (unpaired) electrons. The molecule has 4 N–H and O–H groups in total. The Hall–Kier alpha value is -1.55. The summed E-state index contributed by atoms with van der Waals surface area (Å²) < 4.78 is 4.84. The molecule has 1 aromatic heterocycles. The van der Waals surface area contributed by atoms with E-state index in [1.54, 1.807) is 24.4 Å². The molecule has 0 fully saturated rings. The maximum Gasteiger partial charge on any atom is 0.294 e. The highest BCUT2D eigenvalue weighted by Crippen LogP contribution is 2.10. The van der Waals surface area contributed by atoms with E-state index in [0.29, 0.717) is 24.7 Å². The summed E-state index contributed by atoms with van der Waals surface area (Å²) in [5.41, 5.74) is 2.75. The molecule has 1 rings (SSSR count). The summed E-state index contributed by atoms with van der Waals surface area (Å²) >= 11 is 1.21. The number of thiazole rings is 1. The maximum atomic E-state index is 11.6. The van der Waals surface area contributed by atoms with Crippen LogP contribution in [0.15, 0.2) is 5.38 Å².